The summed E-state index contributed by atoms with van der Waals surface area (Å²) in [4.78, 5) is 0. The second kappa shape index (κ2) is 6.05. The smallest absolute Gasteiger partial charge is 0.163 e. The Morgan fingerprint density at radius 2 is 1.75 bits per heavy atom. The first-order valence-corrected chi connectivity index (χ1v) is 6.10. The van der Waals surface area contributed by atoms with Crippen LogP contribution in [-0.2, 0) is 6.54 Å². The number of halogens is 4. The van der Waals surface area contributed by atoms with Crippen LogP contribution in [0, 0.1) is 23.3 Å². The zero-order chi connectivity index (χ0) is 14.7. The highest BCUT2D eigenvalue weighted by Gasteiger charge is 2.13. The van der Waals surface area contributed by atoms with Crippen molar-refractivity contribution >= 4 is 0 Å². The zero-order valence-corrected chi connectivity index (χ0v) is 10.8. The van der Waals surface area contributed by atoms with Crippen LogP contribution in [-0.4, -0.2) is 0 Å². The number of nitrogens with one attached hydrogen (secondary N) is 1. The molecule has 1 N–H and O–H groups in total. The molecule has 2 rings (SSSR count). The average Bonchev–Trinajstić information content (AvgIpc) is 2.43. The molecule has 0 saturated heterocycles. The Balaban J connectivity index is 2.10. The Labute approximate surface area is 114 Å². The number of hydrogen-bond donors (Lipinski definition) is 1. The minimum Gasteiger partial charge on any atom is -0.306 e. The van der Waals surface area contributed by atoms with Crippen molar-refractivity contribution in [2.75, 3.05) is 0 Å². The molecule has 0 amide bonds. The highest BCUT2D eigenvalue weighted by Crippen LogP contribution is 2.19. The highest BCUT2D eigenvalue weighted by molar-refractivity contribution is 5.23. The summed E-state index contributed by atoms with van der Waals surface area (Å²) < 4.78 is 53.1. The molecule has 0 bridgehead atoms. The van der Waals surface area contributed by atoms with E-state index in [9.17, 15) is 17.6 Å². The lowest BCUT2D eigenvalue weighted by Gasteiger charge is -2.15. The van der Waals surface area contributed by atoms with Gasteiger partial charge in [-0.3, -0.25) is 0 Å². The topological polar surface area (TPSA) is 12.0 Å². The van der Waals surface area contributed by atoms with Gasteiger partial charge in [-0.15, -0.1) is 0 Å². The standard InChI is InChI=1S/C15H13F4N/c1-9(12-7-11(16)5-6-13(12)17)20-8-10-3-2-4-14(18)15(10)19/h2-7,9,20H,8H2,1H3. The van der Waals surface area contributed by atoms with Gasteiger partial charge in [0.1, 0.15) is 11.6 Å². The summed E-state index contributed by atoms with van der Waals surface area (Å²) in [6, 6.07) is 6.45. The van der Waals surface area contributed by atoms with Crippen molar-refractivity contribution in [3.8, 4) is 0 Å². The summed E-state index contributed by atoms with van der Waals surface area (Å²) in [5.74, 6) is -2.97. The van der Waals surface area contributed by atoms with Crippen molar-refractivity contribution in [1.82, 2.24) is 5.32 Å². The normalized spacial score (nSPS) is 12.4. The van der Waals surface area contributed by atoms with Crippen molar-refractivity contribution in [3.05, 3.63) is 70.8 Å². The maximum Gasteiger partial charge on any atom is 0.163 e. The molecule has 0 aliphatic heterocycles. The van der Waals surface area contributed by atoms with Gasteiger partial charge in [0.25, 0.3) is 0 Å². The van der Waals surface area contributed by atoms with Gasteiger partial charge in [0.2, 0.25) is 0 Å². The second-order valence-corrected chi connectivity index (χ2v) is 4.48. The van der Waals surface area contributed by atoms with Crippen LogP contribution in [0.3, 0.4) is 0 Å². The zero-order valence-electron chi connectivity index (χ0n) is 10.8. The van der Waals surface area contributed by atoms with Crippen LogP contribution in [0.4, 0.5) is 17.6 Å². The van der Waals surface area contributed by atoms with Gasteiger partial charge in [0.15, 0.2) is 11.6 Å². The summed E-state index contributed by atoms with van der Waals surface area (Å²) in [6.07, 6.45) is 0. The fourth-order valence-corrected chi connectivity index (χ4v) is 1.90. The summed E-state index contributed by atoms with van der Waals surface area (Å²) in [6.45, 7) is 1.63. The van der Waals surface area contributed by atoms with Crippen LogP contribution in [0.25, 0.3) is 0 Å². The van der Waals surface area contributed by atoms with Gasteiger partial charge >= 0.3 is 0 Å². The second-order valence-electron chi connectivity index (χ2n) is 4.48. The van der Waals surface area contributed by atoms with E-state index in [1.807, 2.05) is 0 Å². The molecule has 0 heterocycles. The Bertz CT molecular complexity index is 613. The molecule has 0 spiro atoms. The minimum absolute atomic E-state index is 0.0146. The largest absolute Gasteiger partial charge is 0.306 e. The molecule has 1 atom stereocenters. The number of benzene rings is 2. The maximum absolute atomic E-state index is 13.5. The highest BCUT2D eigenvalue weighted by atomic mass is 19.2. The third-order valence-corrected chi connectivity index (χ3v) is 3.05. The molecule has 0 saturated carbocycles. The molecule has 2 aromatic rings. The molecule has 20 heavy (non-hydrogen) atoms. The molecule has 2 aromatic carbocycles. The van der Waals surface area contributed by atoms with E-state index < -0.39 is 29.3 Å². The lowest BCUT2D eigenvalue weighted by Crippen LogP contribution is -2.20. The molecule has 5 heteroatoms. The van der Waals surface area contributed by atoms with E-state index in [4.69, 9.17) is 0 Å². The Morgan fingerprint density at radius 3 is 2.50 bits per heavy atom. The van der Waals surface area contributed by atoms with Gasteiger partial charge in [-0.1, -0.05) is 12.1 Å². The van der Waals surface area contributed by atoms with Crippen molar-refractivity contribution in [1.29, 1.82) is 0 Å². The summed E-state index contributed by atoms with van der Waals surface area (Å²) in [5, 5.41) is 2.84. The molecule has 0 aromatic heterocycles. The fourth-order valence-electron chi connectivity index (χ4n) is 1.90. The predicted molar refractivity (Wildman–Crippen MR) is 68.0 cm³/mol. The quantitative estimate of drug-likeness (QED) is 0.833. The van der Waals surface area contributed by atoms with Crippen LogP contribution in [0.1, 0.15) is 24.1 Å². The van der Waals surface area contributed by atoms with Crippen LogP contribution in [0.15, 0.2) is 36.4 Å². The summed E-state index contributed by atoms with van der Waals surface area (Å²) in [7, 11) is 0. The number of hydrogen-bond acceptors (Lipinski definition) is 1. The molecule has 0 fully saturated rings. The van der Waals surface area contributed by atoms with E-state index in [1.165, 1.54) is 12.1 Å². The lowest BCUT2D eigenvalue weighted by molar-refractivity contribution is 0.478. The van der Waals surface area contributed by atoms with Crippen LogP contribution in [0.2, 0.25) is 0 Å². The first-order chi connectivity index (χ1) is 9.49. The van der Waals surface area contributed by atoms with Gasteiger partial charge in [0.05, 0.1) is 0 Å². The predicted octanol–water partition coefficient (Wildman–Crippen LogP) is 4.09. The SMILES string of the molecule is CC(NCc1cccc(F)c1F)c1cc(F)ccc1F. The molecule has 0 aliphatic carbocycles. The van der Waals surface area contributed by atoms with Gasteiger partial charge in [-0.25, -0.2) is 17.6 Å². The molecular formula is C15H13F4N. The lowest BCUT2D eigenvalue weighted by atomic mass is 10.1. The van der Waals surface area contributed by atoms with Crippen LogP contribution in [0.5, 0.6) is 0 Å². The van der Waals surface area contributed by atoms with E-state index in [1.54, 1.807) is 6.92 Å². The van der Waals surface area contributed by atoms with Crippen molar-refractivity contribution in [2.24, 2.45) is 0 Å². The number of rotatable bonds is 4. The third-order valence-electron chi connectivity index (χ3n) is 3.05. The van der Waals surface area contributed by atoms with Crippen molar-refractivity contribution < 1.29 is 17.6 Å². The van der Waals surface area contributed by atoms with E-state index in [-0.39, 0.29) is 17.7 Å². The molecule has 1 nitrogen and oxygen atoms in total. The first kappa shape index (κ1) is 14.5. The molecule has 106 valence electrons. The molecule has 0 aliphatic rings. The third kappa shape index (κ3) is 3.17. The van der Waals surface area contributed by atoms with Gasteiger partial charge < -0.3 is 5.32 Å². The molecular weight excluding hydrogens is 270 g/mol. The molecule has 0 radical (unpaired) electrons. The van der Waals surface area contributed by atoms with Gasteiger partial charge in [0, 0.05) is 23.7 Å². The summed E-state index contributed by atoms with van der Waals surface area (Å²) >= 11 is 0. The Kier molecular flexibility index (Phi) is 4.39. The Hall–Kier alpha value is -1.88. The van der Waals surface area contributed by atoms with Crippen LogP contribution < -0.4 is 5.32 Å². The van der Waals surface area contributed by atoms with E-state index in [0.29, 0.717) is 0 Å². The van der Waals surface area contributed by atoms with E-state index in [0.717, 1.165) is 24.3 Å². The Morgan fingerprint density at radius 1 is 1.00 bits per heavy atom. The molecule has 1 unspecified atom stereocenters. The first-order valence-electron chi connectivity index (χ1n) is 6.10. The monoisotopic (exact) mass is 283 g/mol. The summed E-state index contributed by atoms with van der Waals surface area (Å²) in [5.41, 5.74) is 0.274. The minimum atomic E-state index is -0.938. The van der Waals surface area contributed by atoms with E-state index >= 15 is 0 Å². The van der Waals surface area contributed by atoms with Crippen molar-refractivity contribution in [2.45, 2.75) is 19.5 Å². The van der Waals surface area contributed by atoms with E-state index in [2.05, 4.69) is 5.32 Å². The van der Waals surface area contributed by atoms with Crippen LogP contribution >= 0.6 is 0 Å². The fraction of sp³-hybridized carbons (Fsp3) is 0.200. The van der Waals surface area contributed by atoms with Crippen molar-refractivity contribution in [3.63, 3.8) is 0 Å². The average molecular weight is 283 g/mol. The maximum atomic E-state index is 13.5. The van der Waals surface area contributed by atoms with Gasteiger partial charge in [-0.05, 0) is 31.2 Å². The van der Waals surface area contributed by atoms with Gasteiger partial charge in [-0.2, -0.15) is 0 Å².